The molecule has 1 aliphatic heterocycles. The Morgan fingerprint density at radius 2 is 1.91 bits per heavy atom. The number of carbonyl (C=O) groups excluding carboxylic acids is 2. The van der Waals surface area contributed by atoms with E-state index in [9.17, 15) is 22.8 Å². The van der Waals surface area contributed by atoms with Gasteiger partial charge >= 0.3 is 0 Å². The minimum absolute atomic E-state index is 0.0177. The Hall–Kier alpha value is -2.65. The Morgan fingerprint density at radius 1 is 1.22 bits per heavy atom. The van der Waals surface area contributed by atoms with Crippen molar-refractivity contribution in [1.29, 1.82) is 0 Å². The summed E-state index contributed by atoms with van der Waals surface area (Å²) in [6.07, 6.45) is -0.243. The van der Waals surface area contributed by atoms with Crippen molar-refractivity contribution < 1.29 is 27.5 Å². The smallest absolute Gasteiger partial charge is 0.263 e. The number of benzene rings is 1. The van der Waals surface area contributed by atoms with Crippen molar-refractivity contribution in [3.8, 4) is 0 Å². The molecule has 2 amide bonds. The number of anilines is 1. The zero-order valence-corrected chi connectivity index (χ0v) is 17.9. The molecule has 1 saturated heterocycles. The normalized spacial score (nSPS) is 23.6. The second-order valence-corrected chi connectivity index (χ2v) is 8.42. The van der Waals surface area contributed by atoms with Crippen molar-refractivity contribution in [2.75, 3.05) is 18.6 Å². The second-order valence-electron chi connectivity index (χ2n) is 7.98. The third kappa shape index (κ3) is 4.31. The molecule has 6 nitrogen and oxygen atoms in total. The molecular formula is C22H21ClF3N3O3. The molecular weight excluding hydrogens is 447 g/mol. The number of aromatic nitrogens is 1. The average molecular weight is 468 g/mol. The topological polar surface area (TPSA) is 62.7 Å². The molecule has 2 fully saturated rings. The number of methoxy groups -OCH3 is 1. The Morgan fingerprint density at radius 3 is 2.50 bits per heavy atom. The average Bonchev–Trinajstić information content (AvgIpc) is 2.72. The summed E-state index contributed by atoms with van der Waals surface area (Å²) in [5.74, 6) is -2.04. The molecule has 2 heterocycles. The van der Waals surface area contributed by atoms with Crippen molar-refractivity contribution in [2.45, 2.75) is 38.0 Å². The zero-order valence-electron chi connectivity index (χ0n) is 17.2. The van der Waals surface area contributed by atoms with Crippen LogP contribution in [0.2, 0.25) is 5.02 Å². The van der Waals surface area contributed by atoms with Crippen molar-refractivity contribution >= 4 is 29.2 Å². The van der Waals surface area contributed by atoms with E-state index in [1.54, 1.807) is 7.11 Å². The SMILES string of the molecule is CO[C@H]1C[C@@H](C2C(=O)N(c3ncc(Cl)cc3F)CC(=O)N2Cc2ccc(C(F)F)cc2)C1. The van der Waals surface area contributed by atoms with Gasteiger partial charge in [0.25, 0.3) is 12.3 Å². The predicted octanol–water partition coefficient (Wildman–Crippen LogP) is 3.98. The molecule has 1 aromatic carbocycles. The standard InChI is InChI=1S/C22H21ClF3N3O3/c1-32-16-6-14(7-16)19-22(31)29(21-17(24)8-15(23)9-27-21)11-18(30)28(19)10-12-2-4-13(5-3-12)20(25)26/h2-5,8-9,14,16,19-20H,6-7,10-11H2,1H3/t14-,16+,19?. The largest absolute Gasteiger partial charge is 0.381 e. The summed E-state index contributed by atoms with van der Waals surface area (Å²) >= 11 is 5.77. The summed E-state index contributed by atoms with van der Waals surface area (Å²) in [5.41, 5.74) is 0.496. The Labute approximate surface area is 187 Å². The number of hydrogen-bond acceptors (Lipinski definition) is 4. The van der Waals surface area contributed by atoms with Crippen molar-refractivity contribution in [3.63, 3.8) is 0 Å². The lowest BCUT2D eigenvalue weighted by molar-refractivity contribution is -0.150. The van der Waals surface area contributed by atoms with Gasteiger partial charge in [-0.05, 0) is 30.4 Å². The van der Waals surface area contributed by atoms with E-state index in [4.69, 9.17) is 16.3 Å². The van der Waals surface area contributed by atoms with Gasteiger partial charge in [-0.3, -0.25) is 14.5 Å². The lowest BCUT2D eigenvalue weighted by atomic mass is 9.75. The highest BCUT2D eigenvalue weighted by molar-refractivity contribution is 6.30. The van der Waals surface area contributed by atoms with E-state index in [-0.39, 0.29) is 47.4 Å². The summed E-state index contributed by atoms with van der Waals surface area (Å²) in [6.45, 7) is -0.298. The van der Waals surface area contributed by atoms with Gasteiger partial charge in [0, 0.05) is 25.4 Å². The van der Waals surface area contributed by atoms with Crippen LogP contribution in [-0.4, -0.2) is 47.5 Å². The van der Waals surface area contributed by atoms with Gasteiger partial charge in [0.15, 0.2) is 11.6 Å². The molecule has 170 valence electrons. The quantitative estimate of drug-likeness (QED) is 0.644. The highest BCUT2D eigenvalue weighted by atomic mass is 35.5. The number of piperazine rings is 1. The minimum Gasteiger partial charge on any atom is -0.381 e. The third-order valence-corrected chi connectivity index (χ3v) is 6.22. The molecule has 0 bridgehead atoms. The van der Waals surface area contributed by atoms with Crippen LogP contribution in [0.5, 0.6) is 0 Å². The molecule has 0 radical (unpaired) electrons. The molecule has 1 atom stereocenters. The Balaban J connectivity index is 1.62. The van der Waals surface area contributed by atoms with Gasteiger partial charge in [-0.1, -0.05) is 35.9 Å². The summed E-state index contributed by atoms with van der Waals surface area (Å²) < 4.78 is 45.5. The van der Waals surface area contributed by atoms with E-state index in [1.807, 2.05) is 0 Å². The van der Waals surface area contributed by atoms with E-state index < -0.39 is 24.2 Å². The van der Waals surface area contributed by atoms with Crippen molar-refractivity contribution in [1.82, 2.24) is 9.88 Å². The molecule has 1 aliphatic carbocycles. The number of halogens is 4. The van der Waals surface area contributed by atoms with Crippen LogP contribution >= 0.6 is 11.6 Å². The van der Waals surface area contributed by atoms with E-state index >= 15 is 0 Å². The van der Waals surface area contributed by atoms with Crippen LogP contribution in [-0.2, 0) is 20.9 Å². The monoisotopic (exact) mass is 467 g/mol. The number of ether oxygens (including phenoxy) is 1. The van der Waals surface area contributed by atoms with Gasteiger partial charge in [0.05, 0.1) is 11.1 Å². The first-order valence-electron chi connectivity index (χ1n) is 10.1. The van der Waals surface area contributed by atoms with Crippen LogP contribution in [0.25, 0.3) is 0 Å². The van der Waals surface area contributed by atoms with E-state index in [2.05, 4.69) is 4.98 Å². The van der Waals surface area contributed by atoms with Crippen molar-refractivity contribution in [3.05, 3.63) is 58.5 Å². The highest BCUT2D eigenvalue weighted by Gasteiger charge is 2.49. The summed E-state index contributed by atoms with van der Waals surface area (Å²) in [5, 5.41) is 0.0781. The lowest BCUT2D eigenvalue weighted by Crippen LogP contribution is -2.64. The van der Waals surface area contributed by atoms with E-state index in [0.29, 0.717) is 18.4 Å². The summed E-state index contributed by atoms with van der Waals surface area (Å²) in [6, 6.07) is 5.83. The second kappa shape index (κ2) is 9.07. The van der Waals surface area contributed by atoms with Gasteiger partial charge in [0.1, 0.15) is 12.6 Å². The maximum atomic E-state index is 14.5. The van der Waals surface area contributed by atoms with Crippen LogP contribution in [0.1, 0.15) is 30.4 Å². The molecule has 1 saturated carbocycles. The maximum absolute atomic E-state index is 14.5. The van der Waals surface area contributed by atoms with E-state index in [0.717, 1.165) is 11.0 Å². The molecule has 2 aliphatic rings. The zero-order chi connectivity index (χ0) is 23.0. The molecule has 4 rings (SSSR count). The van der Waals surface area contributed by atoms with Crippen molar-refractivity contribution in [2.24, 2.45) is 5.92 Å². The number of hydrogen-bond donors (Lipinski definition) is 0. The lowest BCUT2D eigenvalue weighted by Gasteiger charge is -2.47. The first-order chi connectivity index (χ1) is 15.3. The number of rotatable bonds is 6. The molecule has 10 heteroatoms. The van der Waals surface area contributed by atoms with E-state index in [1.165, 1.54) is 35.4 Å². The van der Waals surface area contributed by atoms with Gasteiger partial charge in [0.2, 0.25) is 5.91 Å². The first kappa shape index (κ1) is 22.5. The number of carbonyl (C=O) groups is 2. The number of amides is 2. The van der Waals surface area contributed by atoms with Crippen LogP contribution in [0.15, 0.2) is 36.5 Å². The summed E-state index contributed by atoms with van der Waals surface area (Å²) in [7, 11) is 1.58. The van der Waals surface area contributed by atoms with Crippen LogP contribution in [0.3, 0.4) is 0 Å². The summed E-state index contributed by atoms with van der Waals surface area (Å²) in [4.78, 5) is 32.9. The number of pyridine rings is 1. The molecule has 32 heavy (non-hydrogen) atoms. The van der Waals surface area contributed by atoms with Crippen LogP contribution in [0, 0.1) is 11.7 Å². The fourth-order valence-electron chi connectivity index (χ4n) is 4.20. The van der Waals surface area contributed by atoms with Gasteiger partial charge in [-0.15, -0.1) is 0 Å². The number of alkyl halides is 2. The fraction of sp³-hybridized carbons (Fsp3) is 0.409. The van der Waals surface area contributed by atoms with Gasteiger partial charge in [-0.25, -0.2) is 18.2 Å². The molecule has 0 N–H and O–H groups in total. The molecule has 2 aromatic rings. The minimum atomic E-state index is -2.59. The van der Waals surface area contributed by atoms with Gasteiger partial charge < -0.3 is 9.64 Å². The van der Waals surface area contributed by atoms with Crippen LogP contribution in [0.4, 0.5) is 19.0 Å². The first-order valence-corrected chi connectivity index (χ1v) is 10.5. The molecule has 1 unspecified atom stereocenters. The Bertz CT molecular complexity index is 1020. The fourth-order valence-corrected chi connectivity index (χ4v) is 4.35. The number of nitrogens with zero attached hydrogens (tertiary/aromatic N) is 3. The predicted molar refractivity (Wildman–Crippen MR) is 111 cm³/mol. The Kier molecular flexibility index (Phi) is 6.39. The molecule has 1 aromatic heterocycles. The third-order valence-electron chi connectivity index (χ3n) is 6.01. The maximum Gasteiger partial charge on any atom is 0.263 e. The highest BCUT2D eigenvalue weighted by Crippen LogP contribution is 2.38. The van der Waals surface area contributed by atoms with Gasteiger partial charge in [-0.2, -0.15) is 0 Å². The van der Waals surface area contributed by atoms with Crippen LogP contribution < -0.4 is 4.90 Å². The molecule has 0 spiro atoms.